The molecule has 0 aliphatic carbocycles. The molecule has 0 spiro atoms. The van der Waals surface area contributed by atoms with Gasteiger partial charge < -0.3 is 20.3 Å². The Morgan fingerprint density at radius 2 is 1.85 bits per heavy atom. The van der Waals surface area contributed by atoms with Crippen molar-refractivity contribution in [2.45, 2.75) is 85.4 Å². The number of alkyl carbamates (subject to hydrolysis) is 1. The van der Waals surface area contributed by atoms with E-state index >= 15 is 0 Å². The molecular weight excluding hydrogens is 430 g/mol. The van der Waals surface area contributed by atoms with E-state index in [0.29, 0.717) is 12.1 Å². The predicted molar refractivity (Wildman–Crippen MR) is 136 cm³/mol. The highest BCUT2D eigenvalue weighted by atomic mass is 16.6. The summed E-state index contributed by atoms with van der Waals surface area (Å²) in [5.74, 6) is -0.842. The van der Waals surface area contributed by atoms with Gasteiger partial charge in [0.2, 0.25) is 11.8 Å². The Hall–Kier alpha value is -2.83. The van der Waals surface area contributed by atoms with Crippen LogP contribution in [0.2, 0.25) is 0 Å². The van der Waals surface area contributed by atoms with E-state index in [-0.39, 0.29) is 24.3 Å². The molecule has 1 rings (SSSR count). The van der Waals surface area contributed by atoms with Crippen LogP contribution < -0.4 is 10.6 Å². The summed E-state index contributed by atoms with van der Waals surface area (Å²) in [5.41, 5.74) is 1.00. The normalized spacial score (nSPS) is 13.1. The third-order valence-electron chi connectivity index (χ3n) is 5.21. The van der Waals surface area contributed by atoms with Gasteiger partial charge in [-0.05, 0) is 45.6 Å². The SMILES string of the molecule is C=CCN(C(=O)C(NC(=O)OC(C)(C)C)C(C)C)C(C(=O)NCCCCC)c1cccc(C)c1. The molecule has 1 aromatic rings. The second kappa shape index (κ2) is 13.8. The lowest BCUT2D eigenvalue weighted by molar-refractivity contribution is -0.142. The van der Waals surface area contributed by atoms with Crippen LogP contribution in [0.4, 0.5) is 4.79 Å². The van der Waals surface area contributed by atoms with Crippen LogP contribution in [-0.2, 0) is 14.3 Å². The van der Waals surface area contributed by atoms with Gasteiger partial charge in [0.1, 0.15) is 17.7 Å². The second-order valence-corrected chi connectivity index (χ2v) is 9.96. The number of hydrogen-bond donors (Lipinski definition) is 2. The minimum Gasteiger partial charge on any atom is -0.444 e. The van der Waals surface area contributed by atoms with Crippen LogP contribution >= 0.6 is 0 Å². The van der Waals surface area contributed by atoms with E-state index in [2.05, 4.69) is 24.1 Å². The molecule has 0 aromatic heterocycles. The van der Waals surface area contributed by atoms with E-state index < -0.39 is 23.8 Å². The van der Waals surface area contributed by atoms with Gasteiger partial charge >= 0.3 is 6.09 Å². The topological polar surface area (TPSA) is 87.7 Å². The minimum atomic E-state index is -0.866. The van der Waals surface area contributed by atoms with Gasteiger partial charge in [0.25, 0.3) is 0 Å². The second-order valence-electron chi connectivity index (χ2n) is 9.96. The molecule has 7 nitrogen and oxygen atoms in total. The van der Waals surface area contributed by atoms with Crippen molar-refractivity contribution in [1.82, 2.24) is 15.5 Å². The van der Waals surface area contributed by atoms with Gasteiger partial charge in [-0.1, -0.05) is 69.5 Å². The number of benzene rings is 1. The maximum Gasteiger partial charge on any atom is 0.408 e. The highest BCUT2D eigenvalue weighted by molar-refractivity contribution is 5.92. The van der Waals surface area contributed by atoms with Crippen molar-refractivity contribution in [1.29, 1.82) is 0 Å². The lowest BCUT2D eigenvalue weighted by atomic mass is 9.98. The minimum absolute atomic E-state index is 0.152. The molecule has 0 radical (unpaired) electrons. The van der Waals surface area contributed by atoms with Gasteiger partial charge in [0, 0.05) is 13.1 Å². The Bertz CT molecular complexity index is 829. The largest absolute Gasteiger partial charge is 0.444 e. The quantitative estimate of drug-likeness (QED) is 0.334. The predicted octanol–water partition coefficient (Wildman–Crippen LogP) is 4.91. The number of unbranched alkanes of at least 4 members (excludes halogenated alkanes) is 2. The number of ether oxygens (including phenoxy) is 1. The van der Waals surface area contributed by atoms with E-state index in [9.17, 15) is 14.4 Å². The maximum absolute atomic E-state index is 13.8. The summed E-state index contributed by atoms with van der Waals surface area (Å²) in [6.45, 7) is 17.5. The molecule has 0 bridgehead atoms. The van der Waals surface area contributed by atoms with Crippen molar-refractivity contribution in [3.8, 4) is 0 Å². The van der Waals surface area contributed by atoms with E-state index in [1.54, 1.807) is 26.8 Å². The molecule has 34 heavy (non-hydrogen) atoms. The first-order valence-electron chi connectivity index (χ1n) is 12.2. The molecule has 1 aromatic carbocycles. The number of hydrogen-bond acceptors (Lipinski definition) is 4. The van der Waals surface area contributed by atoms with Crippen LogP contribution in [0.15, 0.2) is 36.9 Å². The lowest BCUT2D eigenvalue weighted by Gasteiger charge is -2.35. The van der Waals surface area contributed by atoms with Crippen LogP contribution in [0.1, 0.15) is 78.0 Å². The average Bonchev–Trinajstić information content (AvgIpc) is 2.73. The van der Waals surface area contributed by atoms with Gasteiger partial charge in [0.15, 0.2) is 0 Å². The fourth-order valence-electron chi connectivity index (χ4n) is 3.58. The molecule has 0 aliphatic rings. The lowest BCUT2D eigenvalue weighted by Crippen LogP contribution is -2.55. The number of nitrogens with zero attached hydrogens (tertiary/aromatic N) is 1. The molecule has 2 N–H and O–H groups in total. The summed E-state index contributed by atoms with van der Waals surface area (Å²) >= 11 is 0. The van der Waals surface area contributed by atoms with E-state index in [0.717, 1.165) is 24.8 Å². The van der Waals surface area contributed by atoms with Crippen molar-refractivity contribution in [3.63, 3.8) is 0 Å². The smallest absolute Gasteiger partial charge is 0.408 e. The molecule has 0 fully saturated rings. The van der Waals surface area contributed by atoms with Gasteiger partial charge in [-0.25, -0.2) is 4.79 Å². The molecule has 2 unspecified atom stereocenters. The summed E-state index contributed by atoms with van der Waals surface area (Å²) in [6.07, 6.45) is 3.85. The zero-order chi connectivity index (χ0) is 25.9. The standard InChI is InChI=1S/C27H43N3O4/c1-9-11-12-16-28-24(31)23(21-15-13-14-20(5)18-21)30(17-10-2)25(32)22(19(3)4)29-26(33)34-27(6,7)8/h10,13-15,18-19,22-23H,2,9,11-12,16-17H2,1,3-8H3,(H,28,31)(H,29,33). The number of nitrogens with one attached hydrogen (secondary N) is 2. The van der Waals surface area contributed by atoms with Gasteiger partial charge in [-0.3, -0.25) is 9.59 Å². The van der Waals surface area contributed by atoms with Crippen molar-refractivity contribution < 1.29 is 19.1 Å². The Morgan fingerprint density at radius 1 is 1.18 bits per heavy atom. The highest BCUT2D eigenvalue weighted by Crippen LogP contribution is 2.25. The molecule has 2 atom stereocenters. The summed E-state index contributed by atoms with van der Waals surface area (Å²) in [4.78, 5) is 41.1. The van der Waals surface area contributed by atoms with Crippen molar-refractivity contribution in [2.24, 2.45) is 5.92 Å². The van der Waals surface area contributed by atoms with Crippen molar-refractivity contribution in [3.05, 3.63) is 48.0 Å². The molecule has 7 heteroatoms. The number of carbonyl (C=O) groups excluding carboxylic acids is 3. The van der Waals surface area contributed by atoms with Crippen molar-refractivity contribution >= 4 is 17.9 Å². The summed E-state index contributed by atoms with van der Waals surface area (Å²) in [5, 5.41) is 5.70. The van der Waals surface area contributed by atoms with Gasteiger partial charge in [-0.15, -0.1) is 6.58 Å². The molecule has 0 heterocycles. The van der Waals surface area contributed by atoms with E-state index in [1.165, 1.54) is 4.90 Å². The molecule has 3 amide bonds. The third kappa shape index (κ3) is 9.57. The fraction of sp³-hybridized carbons (Fsp3) is 0.593. The molecule has 0 saturated heterocycles. The monoisotopic (exact) mass is 473 g/mol. The summed E-state index contributed by atoms with van der Waals surface area (Å²) in [6, 6.07) is 5.85. The van der Waals surface area contributed by atoms with Crippen molar-refractivity contribution in [2.75, 3.05) is 13.1 Å². The van der Waals surface area contributed by atoms with Crippen LogP contribution in [0.5, 0.6) is 0 Å². The zero-order valence-electron chi connectivity index (χ0n) is 21.9. The van der Waals surface area contributed by atoms with Gasteiger partial charge in [0.05, 0.1) is 0 Å². The van der Waals surface area contributed by atoms with Crippen LogP contribution in [0.3, 0.4) is 0 Å². The van der Waals surface area contributed by atoms with Crippen LogP contribution in [0.25, 0.3) is 0 Å². The maximum atomic E-state index is 13.8. The molecule has 0 aliphatic heterocycles. The number of amides is 3. The van der Waals surface area contributed by atoms with Crippen LogP contribution in [-0.4, -0.2) is 47.5 Å². The van der Waals surface area contributed by atoms with E-state index in [4.69, 9.17) is 4.74 Å². The molecular formula is C27H43N3O4. The van der Waals surface area contributed by atoms with Gasteiger partial charge in [-0.2, -0.15) is 0 Å². The third-order valence-corrected chi connectivity index (χ3v) is 5.21. The fourth-order valence-corrected chi connectivity index (χ4v) is 3.58. The number of rotatable bonds is 12. The summed E-state index contributed by atoms with van der Waals surface area (Å²) < 4.78 is 5.37. The Labute approximate surface area is 205 Å². The highest BCUT2D eigenvalue weighted by Gasteiger charge is 2.37. The molecule has 0 saturated carbocycles. The first kappa shape index (κ1) is 29.2. The average molecular weight is 474 g/mol. The van der Waals surface area contributed by atoms with Crippen LogP contribution in [0, 0.1) is 12.8 Å². The Morgan fingerprint density at radius 3 is 2.38 bits per heavy atom. The Balaban J connectivity index is 3.32. The number of carbonyl (C=O) groups is 3. The number of aryl methyl sites for hydroxylation is 1. The van der Waals surface area contributed by atoms with E-state index in [1.807, 2.05) is 45.0 Å². The summed E-state index contributed by atoms with van der Waals surface area (Å²) in [7, 11) is 0. The zero-order valence-corrected chi connectivity index (χ0v) is 21.9. The molecule has 190 valence electrons. The first-order chi connectivity index (χ1) is 15.9. The first-order valence-corrected chi connectivity index (χ1v) is 12.2. The Kier molecular flexibility index (Phi) is 11.8.